The first-order valence-electron chi connectivity index (χ1n) is 8.91. The third kappa shape index (κ3) is 4.51. The molecule has 1 N–H and O–H groups in total. The van der Waals surface area contributed by atoms with Crippen molar-refractivity contribution in [3.8, 4) is 0 Å². The summed E-state index contributed by atoms with van der Waals surface area (Å²) in [5.74, 6) is 0.0918. The van der Waals surface area contributed by atoms with Crippen LogP contribution < -0.4 is 5.32 Å². The molecule has 3 rings (SSSR count). The summed E-state index contributed by atoms with van der Waals surface area (Å²) >= 11 is 5.91. The lowest BCUT2D eigenvalue weighted by atomic mass is 9.99. The summed E-state index contributed by atoms with van der Waals surface area (Å²) in [4.78, 5) is 19.1. The van der Waals surface area contributed by atoms with E-state index < -0.39 is 0 Å². The van der Waals surface area contributed by atoms with Gasteiger partial charge in [0.25, 0.3) is 5.91 Å². The van der Waals surface area contributed by atoms with Gasteiger partial charge in [0.15, 0.2) is 0 Å². The van der Waals surface area contributed by atoms with Crippen LogP contribution in [0.3, 0.4) is 0 Å². The Labute approximate surface area is 154 Å². The number of nitrogens with one attached hydrogen (secondary N) is 1. The maximum absolute atomic E-state index is 12.9. The maximum Gasteiger partial charge on any atom is 0.255 e. The summed E-state index contributed by atoms with van der Waals surface area (Å²) in [7, 11) is 0. The second-order valence-corrected chi connectivity index (χ2v) is 6.94. The predicted molar refractivity (Wildman–Crippen MR) is 102 cm³/mol. The SMILES string of the molecule is CCC1CCCCN1C(=O)c1cncc(NCc2ccc(Cl)cc2)c1. The lowest BCUT2D eigenvalue weighted by molar-refractivity contribution is 0.0607. The van der Waals surface area contributed by atoms with Crippen molar-refractivity contribution >= 4 is 23.2 Å². The summed E-state index contributed by atoms with van der Waals surface area (Å²) in [5, 5.41) is 4.05. The van der Waals surface area contributed by atoms with Crippen molar-refractivity contribution < 1.29 is 4.79 Å². The van der Waals surface area contributed by atoms with Gasteiger partial charge in [-0.2, -0.15) is 0 Å². The molecule has 25 heavy (non-hydrogen) atoms. The van der Waals surface area contributed by atoms with Crippen LogP contribution in [0.15, 0.2) is 42.7 Å². The van der Waals surface area contributed by atoms with Gasteiger partial charge >= 0.3 is 0 Å². The molecule has 1 unspecified atom stereocenters. The topological polar surface area (TPSA) is 45.2 Å². The summed E-state index contributed by atoms with van der Waals surface area (Å²) in [6.07, 6.45) is 7.82. The molecule has 0 bridgehead atoms. The van der Waals surface area contributed by atoms with E-state index in [1.165, 1.54) is 6.42 Å². The molecule has 0 saturated carbocycles. The largest absolute Gasteiger partial charge is 0.380 e. The van der Waals surface area contributed by atoms with Crippen LogP contribution in [-0.2, 0) is 6.54 Å². The number of carbonyl (C=O) groups excluding carboxylic acids is 1. The number of hydrogen-bond donors (Lipinski definition) is 1. The molecule has 1 aromatic carbocycles. The van der Waals surface area contributed by atoms with E-state index in [1.54, 1.807) is 12.4 Å². The van der Waals surface area contributed by atoms with Gasteiger partial charge in [0.1, 0.15) is 0 Å². The zero-order chi connectivity index (χ0) is 17.6. The van der Waals surface area contributed by atoms with E-state index in [1.807, 2.05) is 35.2 Å². The first kappa shape index (κ1) is 17.7. The number of likely N-dealkylation sites (tertiary alicyclic amines) is 1. The zero-order valence-electron chi connectivity index (χ0n) is 14.5. The summed E-state index contributed by atoms with van der Waals surface area (Å²) in [6.45, 7) is 3.66. The van der Waals surface area contributed by atoms with Gasteiger partial charge in [0.05, 0.1) is 11.3 Å². The minimum atomic E-state index is 0.0918. The molecule has 132 valence electrons. The number of pyridine rings is 1. The van der Waals surface area contributed by atoms with E-state index in [4.69, 9.17) is 11.6 Å². The molecule has 0 aliphatic carbocycles. The van der Waals surface area contributed by atoms with Gasteiger partial charge < -0.3 is 10.2 Å². The Kier molecular flexibility index (Phi) is 5.92. The van der Waals surface area contributed by atoms with Crippen LogP contribution in [0.5, 0.6) is 0 Å². The molecule has 2 aromatic rings. The number of halogens is 1. The molecule has 1 aliphatic rings. The lowest BCUT2D eigenvalue weighted by Crippen LogP contribution is -2.43. The molecule has 5 heteroatoms. The number of aromatic nitrogens is 1. The Bertz CT molecular complexity index is 717. The maximum atomic E-state index is 12.9. The fraction of sp³-hybridized carbons (Fsp3) is 0.400. The van der Waals surface area contributed by atoms with Gasteiger partial charge in [0.2, 0.25) is 0 Å². The molecule has 2 heterocycles. The van der Waals surface area contributed by atoms with E-state index in [9.17, 15) is 4.79 Å². The van der Waals surface area contributed by atoms with Crippen molar-refractivity contribution in [2.45, 2.75) is 45.2 Å². The van der Waals surface area contributed by atoms with Crippen molar-refractivity contribution in [1.82, 2.24) is 9.88 Å². The first-order valence-corrected chi connectivity index (χ1v) is 9.29. The van der Waals surface area contributed by atoms with Gasteiger partial charge in [-0.25, -0.2) is 0 Å². The number of nitrogens with zero attached hydrogens (tertiary/aromatic N) is 2. The third-order valence-electron chi connectivity index (χ3n) is 4.75. The summed E-state index contributed by atoms with van der Waals surface area (Å²) in [5.41, 5.74) is 2.63. The fourth-order valence-corrected chi connectivity index (χ4v) is 3.44. The molecular weight excluding hydrogens is 334 g/mol. The van der Waals surface area contributed by atoms with Gasteiger partial charge in [-0.1, -0.05) is 30.7 Å². The van der Waals surface area contributed by atoms with Gasteiger partial charge in [-0.05, 0) is 49.4 Å². The number of carbonyl (C=O) groups is 1. The Hall–Kier alpha value is -2.07. The second-order valence-electron chi connectivity index (χ2n) is 6.50. The second kappa shape index (κ2) is 8.34. The van der Waals surface area contributed by atoms with Crippen molar-refractivity contribution in [1.29, 1.82) is 0 Å². The van der Waals surface area contributed by atoms with E-state index >= 15 is 0 Å². The van der Waals surface area contributed by atoms with Crippen LogP contribution in [-0.4, -0.2) is 28.4 Å². The van der Waals surface area contributed by atoms with E-state index in [0.29, 0.717) is 18.2 Å². The van der Waals surface area contributed by atoms with Crippen LogP contribution in [0.2, 0.25) is 5.02 Å². The first-order chi connectivity index (χ1) is 12.2. The average molecular weight is 358 g/mol. The Morgan fingerprint density at radius 3 is 2.84 bits per heavy atom. The Morgan fingerprint density at radius 2 is 2.08 bits per heavy atom. The van der Waals surface area contributed by atoms with Crippen LogP contribution in [0.4, 0.5) is 5.69 Å². The summed E-state index contributed by atoms with van der Waals surface area (Å²) < 4.78 is 0. The lowest BCUT2D eigenvalue weighted by Gasteiger charge is -2.35. The quantitative estimate of drug-likeness (QED) is 0.839. The molecule has 1 aliphatic heterocycles. The number of benzene rings is 1. The molecule has 0 spiro atoms. The fourth-order valence-electron chi connectivity index (χ4n) is 3.32. The standard InChI is InChI=1S/C20H24ClN3O/c1-2-19-5-3-4-10-24(19)20(25)16-11-18(14-22-13-16)23-12-15-6-8-17(21)9-7-15/h6-9,11,13-14,19,23H,2-5,10,12H2,1H3. The van der Waals surface area contributed by atoms with E-state index in [2.05, 4.69) is 17.2 Å². The van der Waals surface area contributed by atoms with Gasteiger partial charge in [-0.15, -0.1) is 0 Å². The van der Waals surface area contributed by atoms with Crippen LogP contribution >= 0.6 is 11.6 Å². The molecule has 1 aromatic heterocycles. The third-order valence-corrected chi connectivity index (χ3v) is 5.01. The van der Waals surface area contributed by atoms with Crippen molar-refractivity contribution in [2.24, 2.45) is 0 Å². The average Bonchev–Trinajstić information content (AvgIpc) is 2.67. The Balaban J connectivity index is 1.68. The highest BCUT2D eigenvalue weighted by Crippen LogP contribution is 2.22. The van der Waals surface area contributed by atoms with Gasteiger partial charge in [0, 0.05) is 36.5 Å². The van der Waals surface area contributed by atoms with E-state index in [-0.39, 0.29) is 5.91 Å². The number of rotatable bonds is 5. The monoisotopic (exact) mass is 357 g/mol. The minimum Gasteiger partial charge on any atom is -0.380 e. The zero-order valence-corrected chi connectivity index (χ0v) is 15.3. The summed E-state index contributed by atoms with van der Waals surface area (Å²) in [6, 6.07) is 9.96. The molecule has 0 radical (unpaired) electrons. The van der Waals surface area contributed by atoms with Crippen LogP contribution in [0, 0.1) is 0 Å². The molecule has 1 amide bonds. The predicted octanol–water partition coefficient (Wildman–Crippen LogP) is 4.75. The smallest absolute Gasteiger partial charge is 0.255 e. The number of anilines is 1. The number of amides is 1. The molecule has 4 nitrogen and oxygen atoms in total. The van der Waals surface area contributed by atoms with Crippen LogP contribution in [0.25, 0.3) is 0 Å². The number of piperidine rings is 1. The minimum absolute atomic E-state index is 0.0918. The van der Waals surface area contributed by atoms with E-state index in [0.717, 1.165) is 42.1 Å². The highest BCUT2D eigenvalue weighted by Gasteiger charge is 2.26. The Morgan fingerprint density at radius 1 is 1.28 bits per heavy atom. The highest BCUT2D eigenvalue weighted by atomic mass is 35.5. The van der Waals surface area contributed by atoms with Crippen molar-refractivity contribution in [2.75, 3.05) is 11.9 Å². The molecule has 1 fully saturated rings. The van der Waals surface area contributed by atoms with Crippen molar-refractivity contribution in [3.05, 3.63) is 58.9 Å². The van der Waals surface area contributed by atoms with Gasteiger partial charge in [-0.3, -0.25) is 9.78 Å². The molecule has 1 atom stereocenters. The normalized spacial score (nSPS) is 17.4. The number of hydrogen-bond acceptors (Lipinski definition) is 3. The van der Waals surface area contributed by atoms with Crippen LogP contribution in [0.1, 0.15) is 48.5 Å². The molecule has 1 saturated heterocycles. The highest BCUT2D eigenvalue weighted by molar-refractivity contribution is 6.30. The van der Waals surface area contributed by atoms with Crippen molar-refractivity contribution in [3.63, 3.8) is 0 Å². The molecular formula is C20H24ClN3O.